The lowest BCUT2D eigenvalue weighted by Crippen LogP contribution is -2.10. The summed E-state index contributed by atoms with van der Waals surface area (Å²) in [6.45, 7) is 0.796. The van der Waals surface area contributed by atoms with Crippen LogP contribution in [-0.2, 0) is 6.54 Å². The molecule has 0 aliphatic carbocycles. The molecule has 20 heavy (non-hydrogen) atoms. The van der Waals surface area contributed by atoms with Gasteiger partial charge in [0.1, 0.15) is 5.82 Å². The maximum atomic E-state index is 4.39. The largest absolute Gasteiger partial charge is 0.380 e. The van der Waals surface area contributed by atoms with E-state index in [9.17, 15) is 0 Å². The summed E-state index contributed by atoms with van der Waals surface area (Å²) < 4.78 is 0. The average Bonchev–Trinajstić information content (AvgIpc) is 2.93. The maximum absolute atomic E-state index is 4.39. The molecule has 0 unspecified atom stereocenters. The van der Waals surface area contributed by atoms with Gasteiger partial charge in [0.25, 0.3) is 0 Å². The van der Waals surface area contributed by atoms with Crippen molar-refractivity contribution >= 4 is 22.4 Å². The number of benzene rings is 1. The number of rotatable bonds is 4. The highest BCUT2D eigenvalue weighted by molar-refractivity contribution is 5.79. The van der Waals surface area contributed by atoms with E-state index in [1.165, 1.54) is 16.5 Å². The van der Waals surface area contributed by atoms with Crippen molar-refractivity contribution in [3.05, 3.63) is 54.4 Å². The highest BCUT2D eigenvalue weighted by Crippen LogP contribution is 2.16. The summed E-state index contributed by atoms with van der Waals surface area (Å²) in [5.41, 5.74) is 3.46. The first-order valence-electron chi connectivity index (χ1n) is 6.66. The Kier molecular flexibility index (Phi) is 3.29. The Morgan fingerprint density at radius 2 is 2.05 bits per heavy atom. The molecule has 1 aromatic carbocycles. The van der Waals surface area contributed by atoms with E-state index in [2.05, 4.69) is 45.6 Å². The van der Waals surface area contributed by atoms with Crippen LogP contribution >= 0.6 is 0 Å². The Hall–Kier alpha value is -2.49. The molecule has 0 bridgehead atoms. The maximum Gasteiger partial charge on any atom is 0.128 e. The molecule has 3 aromatic rings. The van der Waals surface area contributed by atoms with Gasteiger partial charge in [0.15, 0.2) is 0 Å². The number of hydrogen-bond acceptors (Lipinski definition) is 3. The first-order valence-corrected chi connectivity index (χ1v) is 6.66. The van der Waals surface area contributed by atoms with E-state index in [1.54, 1.807) is 0 Å². The molecule has 0 radical (unpaired) electrons. The molecule has 0 aliphatic rings. The summed E-state index contributed by atoms with van der Waals surface area (Å²) in [6.07, 6.45) is 3.83. The molecular weight excluding hydrogens is 248 g/mol. The molecule has 0 atom stereocenters. The Morgan fingerprint density at radius 1 is 1.15 bits per heavy atom. The van der Waals surface area contributed by atoms with Crippen molar-refractivity contribution in [2.75, 3.05) is 24.3 Å². The van der Waals surface area contributed by atoms with Crippen LogP contribution in [0.5, 0.6) is 0 Å². The molecule has 2 heterocycles. The highest BCUT2D eigenvalue weighted by Gasteiger charge is 1.99. The zero-order valence-electron chi connectivity index (χ0n) is 11.7. The van der Waals surface area contributed by atoms with Gasteiger partial charge in [-0.2, -0.15) is 0 Å². The van der Waals surface area contributed by atoms with Crippen LogP contribution in [0.2, 0.25) is 0 Å². The van der Waals surface area contributed by atoms with Crippen molar-refractivity contribution < 1.29 is 0 Å². The van der Waals surface area contributed by atoms with Crippen molar-refractivity contribution in [2.45, 2.75) is 6.54 Å². The standard InChI is InChI=1S/C16H18N4/c1-20(2)16-6-4-14(11-19-16)18-10-12-3-5-15-13(9-12)7-8-17-15/h3-9,11,17-18H,10H2,1-2H3. The summed E-state index contributed by atoms with van der Waals surface area (Å²) in [6, 6.07) is 12.6. The summed E-state index contributed by atoms with van der Waals surface area (Å²) in [5.74, 6) is 0.962. The normalized spacial score (nSPS) is 10.7. The van der Waals surface area contributed by atoms with E-state index in [4.69, 9.17) is 0 Å². The fraction of sp³-hybridized carbons (Fsp3) is 0.188. The fourth-order valence-electron chi connectivity index (χ4n) is 2.17. The van der Waals surface area contributed by atoms with Crippen LogP contribution < -0.4 is 10.2 Å². The number of aromatic amines is 1. The number of nitrogens with one attached hydrogen (secondary N) is 2. The molecule has 0 saturated heterocycles. The van der Waals surface area contributed by atoms with Crippen LogP contribution in [0.15, 0.2) is 48.8 Å². The molecule has 0 amide bonds. The minimum atomic E-state index is 0.796. The van der Waals surface area contributed by atoms with Crippen molar-refractivity contribution in [1.29, 1.82) is 0 Å². The van der Waals surface area contributed by atoms with Gasteiger partial charge in [0.2, 0.25) is 0 Å². The first-order chi connectivity index (χ1) is 9.72. The van der Waals surface area contributed by atoms with Gasteiger partial charge < -0.3 is 15.2 Å². The number of nitrogens with zero attached hydrogens (tertiary/aromatic N) is 2. The van der Waals surface area contributed by atoms with Crippen LogP contribution in [-0.4, -0.2) is 24.1 Å². The Morgan fingerprint density at radius 3 is 2.80 bits per heavy atom. The number of hydrogen-bond donors (Lipinski definition) is 2. The zero-order valence-corrected chi connectivity index (χ0v) is 11.7. The Bertz CT molecular complexity index is 698. The number of H-pyrrole nitrogens is 1. The Balaban J connectivity index is 1.69. The van der Waals surface area contributed by atoms with Crippen molar-refractivity contribution in [2.24, 2.45) is 0 Å². The monoisotopic (exact) mass is 266 g/mol. The predicted octanol–water partition coefficient (Wildman–Crippen LogP) is 3.24. The summed E-state index contributed by atoms with van der Waals surface area (Å²) in [4.78, 5) is 9.58. The fourth-order valence-corrected chi connectivity index (χ4v) is 2.17. The van der Waals surface area contributed by atoms with Gasteiger partial charge in [-0.15, -0.1) is 0 Å². The van der Waals surface area contributed by atoms with E-state index in [0.29, 0.717) is 0 Å². The van der Waals surface area contributed by atoms with Crippen LogP contribution in [0, 0.1) is 0 Å². The molecule has 4 heteroatoms. The third kappa shape index (κ3) is 2.59. The molecular formula is C16H18N4. The third-order valence-electron chi connectivity index (χ3n) is 3.32. The van der Waals surface area contributed by atoms with Crippen LogP contribution in [0.3, 0.4) is 0 Å². The first kappa shape index (κ1) is 12.5. The van der Waals surface area contributed by atoms with Gasteiger partial charge in [0, 0.05) is 32.4 Å². The zero-order chi connectivity index (χ0) is 13.9. The molecule has 0 aliphatic heterocycles. The Labute approximate surface area is 118 Å². The van der Waals surface area contributed by atoms with Gasteiger partial charge in [-0.3, -0.25) is 0 Å². The van der Waals surface area contributed by atoms with E-state index < -0.39 is 0 Å². The van der Waals surface area contributed by atoms with Crippen LogP contribution in [0.25, 0.3) is 10.9 Å². The molecule has 0 fully saturated rings. The smallest absolute Gasteiger partial charge is 0.128 e. The second-order valence-electron chi connectivity index (χ2n) is 5.05. The van der Waals surface area contributed by atoms with Crippen molar-refractivity contribution in [1.82, 2.24) is 9.97 Å². The molecule has 2 N–H and O–H groups in total. The molecule has 0 spiro atoms. The van der Waals surface area contributed by atoms with Crippen molar-refractivity contribution in [3.63, 3.8) is 0 Å². The topological polar surface area (TPSA) is 44.0 Å². The van der Waals surface area contributed by atoms with Gasteiger partial charge in [0.05, 0.1) is 11.9 Å². The van der Waals surface area contributed by atoms with Gasteiger partial charge >= 0.3 is 0 Å². The SMILES string of the molecule is CN(C)c1ccc(NCc2ccc3[nH]ccc3c2)cn1. The molecule has 2 aromatic heterocycles. The number of anilines is 2. The van der Waals surface area contributed by atoms with Gasteiger partial charge in [-0.05, 0) is 41.3 Å². The number of fused-ring (bicyclic) bond motifs is 1. The summed E-state index contributed by atoms with van der Waals surface area (Å²) in [5, 5.41) is 4.63. The van der Waals surface area contributed by atoms with E-state index in [1.807, 2.05) is 37.5 Å². The van der Waals surface area contributed by atoms with Gasteiger partial charge in [-0.1, -0.05) is 6.07 Å². The quantitative estimate of drug-likeness (QED) is 0.762. The highest BCUT2D eigenvalue weighted by atomic mass is 15.1. The number of aromatic nitrogens is 2. The average molecular weight is 266 g/mol. The second kappa shape index (κ2) is 5.25. The van der Waals surface area contributed by atoms with Crippen LogP contribution in [0.1, 0.15) is 5.56 Å². The summed E-state index contributed by atoms with van der Waals surface area (Å²) in [7, 11) is 3.98. The van der Waals surface area contributed by atoms with E-state index >= 15 is 0 Å². The molecule has 102 valence electrons. The molecule has 3 rings (SSSR count). The minimum Gasteiger partial charge on any atom is -0.380 e. The lowest BCUT2D eigenvalue weighted by molar-refractivity contribution is 1.06. The lowest BCUT2D eigenvalue weighted by Gasteiger charge is -2.12. The van der Waals surface area contributed by atoms with Crippen LogP contribution in [0.4, 0.5) is 11.5 Å². The third-order valence-corrected chi connectivity index (χ3v) is 3.32. The summed E-state index contributed by atoms with van der Waals surface area (Å²) >= 11 is 0. The van der Waals surface area contributed by atoms with Gasteiger partial charge in [-0.25, -0.2) is 4.98 Å². The molecule has 4 nitrogen and oxygen atoms in total. The predicted molar refractivity (Wildman–Crippen MR) is 84.2 cm³/mol. The number of pyridine rings is 1. The van der Waals surface area contributed by atoms with E-state index in [0.717, 1.165) is 18.1 Å². The minimum absolute atomic E-state index is 0.796. The lowest BCUT2D eigenvalue weighted by atomic mass is 10.1. The van der Waals surface area contributed by atoms with E-state index in [-0.39, 0.29) is 0 Å². The second-order valence-corrected chi connectivity index (χ2v) is 5.05. The van der Waals surface area contributed by atoms with Crippen molar-refractivity contribution in [3.8, 4) is 0 Å². The molecule has 0 saturated carbocycles.